The van der Waals surface area contributed by atoms with Gasteiger partial charge in [-0.15, -0.1) is 0 Å². The fraction of sp³-hybridized carbons (Fsp3) is 0.867. The summed E-state index contributed by atoms with van der Waals surface area (Å²) in [6, 6.07) is 0. The molecule has 0 unspecified atom stereocenters. The van der Waals surface area contributed by atoms with Crippen molar-refractivity contribution in [3.05, 3.63) is 11.8 Å². The van der Waals surface area contributed by atoms with Crippen molar-refractivity contribution in [1.82, 2.24) is 0 Å². The molecule has 0 rings (SSSR count). The van der Waals surface area contributed by atoms with Gasteiger partial charge >= 0.3 is 0 Å². The van der Waals surface area contributed by atoms with E-state index in [1.165, 1.54) is 0 Å². The molecular weight excluding hydrogens is 196 g/mol. The van der Waals surface area contributed by atoms with Crippen molar-refractivity contribution in [2.45, 2.75) is 61.8 Å². The number of allylic oxidation sites excluding steroid dienone is 2. The summed E-state index contributed by atoms with van der Waals surface area (Å²) >= 11 is 0. The number of hydrogen-bond acceptors (Lipinski definition) is 1. The summed E-state index contributed by atoms with van der Waals surface area (Å²) in [6.45, 7) is 18.6. The second kappa shape index (κ2) is 5.75. The lowest BCUT2D eigenvalue weighted by Crippen LogP contribution is -2.16. The van der Waals surface area contributed by atoms with E-state index in [0.717, 1.165) is 18.8 Å². The van der Waals surface area contributed by atoms with Crippen molar-refractivity contribution in [3.63, 3.8) is 0 Å². The van der Waals surface area contributed by atoms with Gasteiger partial charge < -0.3 is 4.74 Å². The Hall–Kier alpha value is -0.460. The van der Waals surface area contributed by atoms with Gasteiger partial charge in [0.2, 0.25) is 0 Å². The molecule has 0 bridgehead atoms. The van der Waals surface area contributed by atoms with Crippen molar-refractivity contribution in [2.75, 3.05) is 6.61 Å². The van der Waals surface area contributed by atoms with E-state index in [0.29, 0.717) is 11.3 Å². The third-order valence-electron chi connectivity index (χ3n) is 2.21. The molecule has 0 saturated carbocycles. The van der Waals surface area contributed by atoms with Gasteiger partial charge in [-0.05, 0) is 23.8 Å². The molecule has 16 heavy (non-hydrogen) atoms. The van der Waals surface area contributed by atoms with Crippen LogP contribution in [0.4, 0.5) is 0 Å². The lowest BCUT2D eigenvalue weighted by atomic mass is 9.88. The predicted molar refractivity (Wildman–Crippen MR) is 72.4 cm³/mol. The summed E-state index contributed by atoms with van der Waals surface area (Å²) in [5.74, 6) is 1.72. The molecule has 0 aromatic carbocycles. The Balaban J connectivity index is 4.56. The van der Waals surface area contributed by atoms with Crippen LogP contribution in [0.5, 0.6) is 0 Å². The van der Waals surface area contributed by atoms with Gasteiger partial charge in [-0.25, -0.2) is 0 Å². The second-order valence-corrected chi connectivity index (χ2v) is 7.29. The van der Waals surface area contributed by atoms with Gasteiger partial charge in [-0.3, -0.25) is 0 Å². The monoisotopic (exact) mass is 226 g/mol. The highest BCUT2D eigenvalue weighted by atomic mass is 16.5. The van der Waals surface area contributed by atoms with Crippen LogP contribution in [0.3, 0.4) is 0 Å². The van der Waals surface area contributed by atoms with Gasteiger partial charge in [-0.2, -0.15) is 0 Å². The Morgan fingerprint density at radius 1 is 1.06 bits per heavy atom. The standard InChI is InChI=1S/C15H30O/c1-12(2)11-16-13(15(6,7)8)9-10-14(3,4)5/h9,12H,10-11H2,1-8H3/b13-9-. The molecule has 0 aliphatic carbocycles. The third kappa shape index (κ3) is 7.78. The first kappa shape index (κ1) is 15.5. The average molecular weight is 226 g/mol. The fourth-order valence-corrected chi connectivity index (χ4v) is 1.24. The smallest absolute Gasteiger partial charge is 0.0973 e. The summed E-state index contributed by atoms with van der Waals surface area (Å²) in [4.78, 5) is 0. The van der Waals surface area contributed by atoms with Crippen LogP contribution in [-0.2, 0) is 4.74 Å². The van der Waals surface area contributed by atoms with Crippen LogP contribution in [0.1, 0.15) is 61.8 Å². The van der Waals surface area contributed by atoms with Crippen LogP contribution in [0.2, 0.25) is 0 Å². The first-order valence-corrected chi connectivity index (χ1v) is 6.36. The molecule has 0 aromatic heterocycles. The van der Waals surface area contributed by atoms with Gasteiger partial charge in [0.15, 0.2) is 0 Å². The summed E-state index contributed by atoms with van der Waals surface area (Å²) < 4.78 is 5.92. The van der Waals surface area contributed by atoms with E-state index in [4.69, 9.17) is 4.74 Å². The largest absolute Gasteiger partial charge is 0.497 e. The maximum atomic E-state index is 5.92. The minimum Gasteiger partial charge on any atom is -0.497 e. The summed E-state index contributed by atoms with van der Waals surface area (Å²) in [6.07, 6.45) is 3.33. The van der Waals surface area contributed by atoms with Crippen LogP contribution < -0.4 is 0 Å². The van der Waals surface area contributed by atoms with Gasteiger partial charge in [0.1, 0.15) is 0 Å². The Kier molecular flexibility index (Phi) is 5.58. The molecule has 0 aliphatic rings. The quantitative estimate of drug-likeness (QED) is 0.611. The van der Waals surface area contributed by atoms with E-state index in [-0.39, 0.29) is 5.41 Å². The highest BCUT2D eigenvalue weighted by Crippen LogP contribution is 2.29. The minimum atomic E-state index is 0.111. The lowest BCUT2D eigenvalue weighted by molar-refractivity contribution is 0.126. The molecule has 96 valence electrons. The molecular formula is C15H30O. The van der Waals surface area contributed by atoms with Gasteiger partial charge in [0, 0.05) is 5.41 Å². The van der Waals surface area contributed by atoms with Crippen molar-refractivity contribution in [3.8, 4) is 0 Å². The Morgan fingerprint density at radius 2 is 1.56 bits per heavy atom. The summed E-state index contributed by atoms with van der Waals surface area (Å²) in [5, 5.41) is 0. The molecule has 0 spiro atoms. The van der Waals surface area contributed by atoms with Gasteiger partial charge in [-0.1, -0.05) is 55.4 Å². The van der Waals surface area contributed by atoms with Crippen molar-refractivity contribution < 1.29 is 4.74 Å². The number of ether oxygens (including phenoxy) is 1. The predicted octanol–water partition coefficient (Wildman–Crippen LogP) is 5.03. The van der Waals surface area contributed by atoms with Crippen LogP contribution in [-0.4, -0.2) is 6.61 Å². The van der Waals surface area contributed by atoms with E-state index < -0.39 is 0 Å². The minimum absolute atomic E-state index is 0.111. The highest BCUT2D eigenvalue weighted by molar-refractivity contribution is 5.04. The van der Waals surface area contributed by atoms with E-state index >= 15 is 0 Å². The van der Waals surface area contributed by atoms with Crippen molar-refractivity contribution in [1.29, 1.82) is 0 Å². The molecule has 0 saturated heterocycles. The first-order valence-electron chi connectivity index (χ1n) is 6.36. The van der Waals surface area contributed by atoms with Crippen molar-refractivity contribution >= 4 is 0 Å². The SMILES string of the molecule is CC(C)CO/C(=C\CC(C)(C)C)C(C)(C)C. The van der Waals surface area contributed by atoms with Crippen LogP contribution in [0.15, 0.2) is 11.8 Å². The van der Waals surface area contributed by atoms with E-state index in [1.807, 2.05) is 0 Å². The topological polar surface area (TPSA) is 9.23 Å². The van der Waals surface area contributed by atoms with E-state index in [9.17, 15) is 0 Å². The molecule has 0 aliphatic heterocycles. The maximum Gasteiger partial charge on any atom is 0.0973 e. The summed E-state index contributed by atoms with van der Waals surface area (Å²) in [5.41, 5.74) is 0.442. The molecule has 0 amide bonds. The van der Waals surface area contributed by atoms with E-state index in [1.54, 1.807) is 0 Å². The Bertz CT molecular complexity index is 223. The van der Waals surface area contributed by atoms with Gasteiger partial charge in [0.05, 0.1) is 12.4 Å². The zero-order valence-electron chi connectivity index (χ0n) is 12.5. The van der Waals surface area contributed by atoms with Gasteiger partial charge in [0.25, 0.3) is 0 Å². The maximum absolute atomic E-state index is 5.92. The number of hydrogen-bond donors (Lipinski definition) is 0. The van der Waals surface area contributed by atoms with Crippen LogP contribution in [0.25, 0.3) is 0 Å². The Morgan fingerprint density at radius 3 is 1.88 bits per heavy atom. The molecule has 1 heteroatoms. The lowest BCUT2D eigenvalue weighted by Gasteiger charge is -2.26. The molecule has 0 fully saturated rings. The molecule has 0 N–H and O–H groups in total. The van der Waals surface area contributed by atoms with Crippen molar-refractivity contribution in [2.24, 2.45) is 16.7 Å². The normalized spacial score (nSPS) is 14.4. The van der Waals surface area contributed by atoms with Crippen LogP contribution >= 0.6 is 0 Å². The van der Waals surface area contributed by atoms with E-state index in [2.05, 4.69) is 61.5 Å². The molecule has 0 radical (unpaired) electrons. The second-order valence-electron chi connectivity index (χ2n) is 7.29. The summed E-state index contributed by atoms with van der Waals surface area (Å²) in [7, 11) is 0. The molecule has 1 nitrogen and oxygen atoms in total. The molecule has 0 heterocycles. The number of rotatable bonds is 4. The first-order chi connectivity index (χ1) is 7.02. The third-order valence-corrected chi connectivity index (χ3v) is 2.21. The van der Waals surface area contributed by atoms with Crippen LogP contribution in [0, 0.1) is 16.7 Å². The Labute approximate surface area is 102 Å². The zero-order valence-corrected chi connectivity index (χ0v) is 12.5. The zero-order chi connectivity index (χ0) is 13.0. The molecule has 0 atom stereocenters. The highest BCUT2D eigenvalue weighted by Gasteiger charge is 2.20. The molecule has 0 aromatic rings. The average Bonchev–Trinajstić information content (AvgIpc) is 1.98. The fourth-order valence-electron chi connectivity index (χ4n) is 1.24.